The zero-order valence-electron chi connectivity index (χ0n) is 14.8. The topological polar surface area (TPSA) is 78.4 Å². The standard InChI is InChI=1S/C21H21ClN2O3/c22-9-13(25)11-24-17-8-7-16(23-10-12-5-6-12)18-19(17)21(27)15-4-2-1-3-14(15)20(18)26/h1-4,7-8,12-13,23-25H,5-6,9-11H2. The molecular weight excluding hydrogens is 364 g/mol. The Hall–Kier alpha value is -2.37. The number of anilines is 2. The van der Waals surface area contributed by atoms with E-state index in [9.17, 15) is 14.7 Å². The summed E-state index contributed by atoms with van der Waals surface area (Å²) in [6.07, 6.45) is 1.65. The van der Waals surface area contributed by atoms with Crippen molar-refractivity contribution in [3.8, 4) is 0 Å². The summed E-state index contributed by atoms with van der Waals surface area (Å²) in [6, 6.07) is 10.5. The average Bonchev–Trinajstić information content (AvgIpc) is 3.52. The molecule has 4 rings (SSSR count). The van der Waals surface area contributed by atoms with Crippen LogP contribution >= 0.6 is 11.6 Å². The van der Waals surface area contributed by atoms with Crippen molar-refractivity contribution in [2.75, 3.05) is 29.6 Å². The molecule has 2 aliphatic carbocycles. The number of halogens is 1. The minimum absolute atomic E-state index is 0.0892. The second kappa shape index (κ2) is 7.33. The summed E-state index contributed by atoms with van der Waals surface area (Å²) in [5, 5.41) is 16.2. The number of carbonyl (C=O) groups is 2. The Morgan fingerprint density at radius 1 is 0.963 bits per heavy atom. The van der Waals surface area contributed by atoms with Crippen LogP contribution in [-0.4, -0.2) is 41.7 Å². The highest BCUT2D eigenvalue weighted by atomic mass is 35.5. The van der Waals surface area contributed by atoms with Gasteiger partial charge >= 0.3 is 0 Å². The predicted molar refractivity (Wildman–Crippen MR) is 106 cm³/mol. The van der Waals surface area contributed by atoms with Gasteiger partial charge in [0.05, 0.1) is 23.1 Å². The number of rotatable bonds is 7. The molecule has 1 fully saturated rings. The van der Waals surface area contributed by atoms with Gasteiger partial charge in [-0.15, -0.1) is 11.6 Å². The molecular formula is C21H21ClN2O3. The largest absolute Gasteiger partial charge is 0.390 e. The van der Waals surface area contributed by atoms with Gasteiger partial charge in [0.15, 0.2) is 11.6 Å². The van der Waals surface area contributed by atoms with Crippen LogP contribution in [0.15, 0.2) is 36.4 Å². The number of hydrogen-bond donors (Lipinski definition) is 3. The van der Waals surface area contributed by atoms with E-state index >= 15 is 0 Å². The number of aliphatic hydroxyl groups is 1. The number of hydrogen-bond acceptors (Lipinski definition) is 5. The third-order valence-corrected chi connectivity index (χ3v) is 5.42. The van der Waals surface area contributed by atoms with Crippen molar-refractivity contribution in [2.45, 2.75) is 18.9 Å². The molecule has 1 saturated carbocycles. The molecule has 2 aliphatic rings. The smallest absolute Gasteiger partial charge is 0.196 e. The summed E-state index contributed by atoms with van der Waals surface area (Å²) in [5.41, 5.74) is 2.84. The number of carbonyl (C=O) groups excluding carboxylic acids is 2. The molecule has 0 spiro atoms. The summed E-state index contributed by atoms with van der Waals surface area (Å²) in [7, 11) is 0. The maximum Gasteiger partial charge on any atom is 0.196 e. The molecule has 6 heteroatoms. The first-order chi connectivity index (χ1) is 13.1. The monoisotopic (exact) mass is 384 g/mol. The molecule has 2 aromatic carbocycles. The Balaban J connectivity index is 1.77. The van der Waals surface area contributed by atoms with E-state index in [2.05, 4.69) is 10.6 Å². The van der Waals surface area contributed by atoms with Crippen molar-refractivity contribution in [3.63, 3.8) is 0 Å². The molecule has 140 valence electrons. The summed E-state index contributed by atoms with van der Waals surface area (Å²) in [5.74, 6) is 0.392. The van der Waals surface area contributed by atoms with Gasteiger partial charge in [0.25, 0.3) is 0 Å². The highest BCUT2D eigenvalue weighted by molar-refractivity contribution is 6.31. The van der Waals surface area contributed by atoms with Crippen molar-refractivity contribution in [1.29, 1.82) is 0 Å². The lowest BCUT2D eigenvalue weighted by molar-refractivity contribution is 0.0980. The molecule has 2 aromatic rings. The van der Waals surface area contributed by atoms with Crippen LogP contribution in [0.1, 0.15) is 44.7 Å². The third-order valence-electron chi connectivity index (χ3n) is 5.06. The van der Waals surface area contributed by atoms with E-state index in [1.807, 2.05) is 6.07 Å². The maximum absolute atomic E-state index is 13.2. The number of nitrogens with one attached hydrogen (secondary N) is 2. The molecule has 0 aromatic heterocycles. The van der Waals surface area contributed by atoms with Crippen molar-refractivity contribution in [2.24, 2.45) is 5.92 Å². The first-order valence-electron chi connectivity index (χ1n) is 9.17. The van der Waals surface area contributed by atoms with E-state index in [0.717, 1.165) is 6.54 Å². The van der Waals surface area contributed by atoms with Crippen LogP contribution in [0.3, 0.4) is 0 Å². The van der Waals surface area contributed by atoms with Gasteiger partial charge < -0.3 is 15.7 Å². The fraction of sp³-hybridized carbons (Fsp3) is 0.333. The lowest BCUT2D eigenvalue weighted by Crippen LogP contribution is -2.26. The second-order valence-electron chi connectivity index (χ2n) is 7.13. The minimum atomic E-state index is -0.739. The number of aliphatic hydroxyl groups excluding tert-OH is 1. The van der Waals surface area contributed by atoms with E-state index in [-0.39, 0.29) is 24.0 Å². The molecule has 0 aliphatic heterocycles. The maximum atomic E-state index is 13.2. The van der Waals surface area contributed by atoms with Crippen LogP contribution < -0.4 is 10.6 Å². The first kappa shape index (κ1) is 18.0. The first-order valence-corrected chi connectivity index (χ1v) is 9.70. The van der Waals surface area contributed by atoms with Gasteiger partial charge in [0, 0.05) is 35.6 Å². The SMILES string of the molecule is O=C1c2ccccc2C(=O)c2c(NCC3CC3)ccc(NCC(O)CCl)c21. The third kappa shape index (κ3) is 3.45. The molecule has 27 heavy (non-hydrogen) atoms. The lowest BCUT2D eigenvalue weighted by atomic mass is 9.82. The highest BCUT2D eigenvalue weighted by Gasteiger charge is 2.34. The lowest BCUT2D eigenvalue weighted by Gasteiger charge is -2.24. The molecule has 5 nitrogen and oxygen atoms in total. The Morgan fingerprint density at radius 3 is 2.04 bits per heavy atom. The van der Waals surface area contributed by atoms with Crippen molar-refractivity contribution >= 4 is 34.5 Å². The van der Waals surface area contributed by atoms with Gasteiger partial charge in [-0.05, 0) is 30.9 Å². The molecule has 0 heterocycles. The summed E-state index contributed by atoms with van der Waals surface area (Å²) >= 11 is 5.66. The van der Waals surface area contributed by atoms with E-state index in [4.69, 9.17) is 11.6 Å². The summed E-state index contributed by atoms with van der Waals surface area (Å²) < 4.78 is 0. The average molecular weight is 385 g/mol. The summed E-state index contributed by atoms with van der Waals surface area (Å²) in [6.45, 7) is 1.00. The van der Waals surface area contributed by atoms with Gasteiger partial charge in [0.2, 0.25) is 0 Å². The van der Waals surface area contributed by atoms with Crippen molar-refractivity contribution < 1.29 is 14.7 Å². The quantitative estimate of drug-likeness (QED) is 0.545. The van der Waals surface area contributed by atoms with Crippen LogP contribution in [0, 0.1) is 5.92 Å². The van der Waals surface area contributed by atoms with Gasteiger partial charge in [-0.3, -0.25) is 9.59 Å². The zero-order valence-corrected chi connectivity index (χ0v) is 15.6. The summed E-state index contributed by atoms with van der Waals surface area (Å²) in [4.78, 5) is 26.4. The fourth-order valence-electron chi connectivity index (χ4n) is 3.38. The van der Waals surface area contributed by atoms with E-state index < -0.39 is 6.10 Å². The number of ketones is 2. The second-order valence-corrected chi connectivity index (χ2v) is 7.44. The number of fused-ring (bicyclic) bond motifs is 2. The Morgan fingerprint density at radius 2 is 1.52 bits per heavy atom. The molecule has 1 atom stereocenters. The normalized spacial score (nSPS) is 16.5. The Bertz CT molecular complexity index is 908. The fourth-order valence-corrected chi connectivity index (χ4v) is 3.49. The van der Waals surface area contributed by atoms with Crippen LogP contribution in [0.4, 0.5) is 11.4 Å². The Kier molecular flexibility index (Phi) is 4.89. The van der Waals surface area contributed by atoms with E-state index in [1.54, 1.807) is 30.3 Å². The van der Waals surface area contributed by atoms with E-state index in [1.165, 1.54) is 12.8 Å². The van der Waals surface area contributed by atoms with Crippen LogP contribution in [0.5, 0.6) is 0 Å². The van der Waals surface area contributed by atoms with Crippen molar-refractivity contribution in [1.82, 2.24) is 0 Å². The van der Waals surface area contributed by atoms with Crippen LogP contribution in [0.2, 0.25) is 0 Å². The van der Waals surface area contributed by atoms with Gasteiger partial charge in [-0.25, -0.2) is 0 Å². The molecule has 1 unspecified atom stereocenters. The van der Waals surface area contributed by atoms with Gasteiger partial charge in [-0.1, -0.05) is 24.3 Å². The molecule has 0 bridgehead atoms. The minimum Gasteiger partial charge on any atom is -0.390 e. The molecule has 3 N–H and O–H groups in total. The van der Waals surface area contributed by atoms with Crippen molar-refractivity contribution in [3.05, 3.63) is 58.7 Å². The Labute approximate surface area is 162 Å². The van der Waals surface area contributed by atoms with Gasteiger partial charge in [-0.2, -0.15) is 0 Å². The molecule has 0 radical (unpaired) electrons. The number of benzene rings is 2. The van der Waals surface area contributed by atoms with E-state index in [0.29, 0.717) is 39.5 Å². The number of alkyl halides is 1. The van der Waals surface area contributed by atoms with Gasteiger partial charge in [0.1, 0.15) is 0 Å². The zero-order chi connectivity index (χ0) is 19.0. The molecule has 0 saturated heterocycles. The molecule has 0 amide bonds. The van der Waals surface area contributed by atoms with Crippen LogP contribution in [0.25, 0.3) is 0 Å². The van der Waals surface area contributed by atoms with Crippen LogP contribution in [-0.2, 0) is 0 Å². The predicted octanol–water partition coefficient (Wildman–Crippen LogP) is 3.30. The highest BCUT2D eigenvalue weighted by Crippen LogP contribution is 2.37.